The monoisotopic (exact) mass is 263 g/mol. The molecule has 2 aliphatic heterocycles. The van der Waals surface area contributed by atoms with Gasteiger partial charge in [-0.1, -0.05) is 0 Å². The highest BCUT2D eigenvalue weighted by molar-refractivity contribution is 5.95. The highest BCUT2D eigenvalue weighted by atomic mass is 16.2. The predicted octanol–water partition coefficient (Wildman–Crippen LogP) is -0.984. The molecule has 7 nitrogen and oxygen atoms in total. The first-order chi connectivity index (χ1) is 9.15. The van der Waals surface area contributed by atoms with Gasteiger partial charge in [0.05, 0.1) is 6.04 Å². The van der Waals surface area contributed by atoms with E-state index in [0.717, 1.165) is 24.2 Å². The largest absolute Gasteiger partial charge is 0.346 e. The van der Waals surface area contributed by atoms with Crippen LogP contribution in [0.5, 0.6) is 0 Å². The molecule has 1 fully saturated rings. The van der Waals surface area contributed by atoms with Crippen LogP contribution in [0.3, 0.4) is 0 Å². The van der Waals surface area contributed by atoms with E-state index >= 15 is 0 Å². The molecule has 1 saturated heterocycles. The van der Waals surface area contributed by atoms with Crippen LogP contribution in [-0.4, -0.2) is 53.1 Å². The number of likely N-dealkylation sites (tertiary alicyclic amines) is 1. The van der Waals surface area contributed by atoms with E-state index in [1.165, 1.54) is 0 Å². The van der Waals surface area contributed by atoms with E-state index in [1.54, 1.807) is 11.9 Å². The summed E-state index contributed by atoms with van der Waals surface area (Å²) in [6.45, 7) is 2.13. The Morgan fingerprint density at radius 1 is 1.53 bits per heavy atom. The van der Waals surface area contributed by atoms with Crippen LogP contribution in [0.2, 0.25) is 0 Å². The lowest BCUT2D eigenvalue weighted by Crippen LogP contribution is -2.37. The van der Waals surface area contributed by atoms with Gasteiger partial charge in [-0.3, -0.25) is 14.7 Å². The van der Waals surface area contributed by atoms with Gasteiger partial charge in [0.1, 0.15) is 0 Å². The minimum atomic E-state index is -0.200. The van der Waals surface area contributed by atoms with E-state index in [1.807, 2.05) is 0 Å². The van der Waals surface area contributed by atoms with Crippen molar-refractivity contribution in [2.45, 2.75) is 25.4 Å². The lowest BCUT2D eigenvalue weighted by Gasteiger charge is -2.14. The minimum absolute atomic E-state index is 0.0658. The SMILES string of the molecule is CN1CC(NC(=O)c2n[nH]c3c2CNCC3)CC1=O. The maximum atomic E-state index is 12.2. The van der Waals surface area contributed by atoms with E-state index in [2.05, 4.69) is 20.8 Å². The lowest BCUT2D eigenvalue weighted by atomic mass is 10.1. The summed E-state index contributed by atoms with van der Waals surface area (Å²) in [6.07, 6.45) is 1.23. The maximum Gasteiger partial charge on any atom is 0.272 e. The number of hydrogen-bond acceptors (Lipinski definition) is 4. The maximum absolute atomic E-state index is 12.2. The second-order valence-electron chi connectivity index (χ2n) is 5.10. The summed E-state index contributed by atoms with van der Waals surface area (Å²) in [6, 6.07) is -0.117. The lowest BCUT2D eigenvalue weighted by molar-refractivity contribution is -0.126. The van der Waals surface area contributed by atoms with Gasteiger partial charge >= 0.3 is 0 Å². The molecule has 3 N–H and O–H groups in total. The summed E-state index contributed by atoms with van der Waals surface area (Å²) in [5, 5.41) is 13.1. The number of nitrogens with one attached hydrogen (secondary N) is 3. The molecule has 1 atom stereocenters. The van der Waals surface area contributed by atoms with Crippen LogP contribution < -0.4 is 10.6 Å². The average Bonchev–Trinajstić information content (AvgIpc) is 2.94. The summed E-state index contributed by atoms with van der Waals surface area (Å²) in [4.78, 5) is 25.3. The zero-order valence-corrected chi connectivity index (χ0v) is 10.8. The van der Waals surface area contributed by atoms with Crippen LogP contribution in [0.15, 0.2) is 0 Å². The fourth-order valence-electron chi connectivity index (χ4n) is 2.63. The number of hydrogen-bond donors (Lipinski definition) is 3. The molecule has 1 aromatic rings. The van der Waals surface area contributed by atoms with E-state index < -0.39 is 0 Å². The van der Waals surface area contributed by atoms with E-state index in [0.29, 0.717) is 25.2 Å². The Labute approximate surface area is 110 Å². The summed E-state index contributed by atoms with van der Waals surface area (Å²) in [5.74, 6) is -0.134. The van der Waals surface area contributed by atoms with Gasteiger partial charge in [0.25, 0.3) is 5.91 Å². The number of nitrogens with zero attached hydrogens (tertiary/aromatic N) is 2. The number of carbonyl (C=O) groups is 2. The highest BCUT2D eigenvalue weighted by Crippen LogP contribution is 2.16. The van der Waals surface area contributed by atoms with Crippen LogP contribution in [0.1, 0.15) is 28.2 Å². The van der Waals surface area contributed by atoms with Crippen LogP contribution in [0.25, 0.3) is 0 Å². The Hall–Kier alpha value is -1.89. The van der Waals surface area contributed by atoms with Gasteiger partial charge < -0.3 is 15.5 Å². The molecule has 0 spiro atoms. The fourth-order valence-corrected chi connectivity index (χ4v) is 2.63. The molecule has 0 aliphatic carbocycles. The minimum Gasteiger partial charge on any atom is -0.346 e. The van der Waals surface area contributed by atoms with Crippen molar-refractivity contribution in [2.75, 3.05) is 20.1 Å². The summed E-state index contributed by atoms with van der Waals surface area (Å²) >= 11 is 0. The van der Waals surface area contributed by atoms with Crippen molar-refractivity contribution < 1.29 is 9.59 Å². The summed E-state index contributed by atoms with van der Waals surface area (Å²) in [7, 11) is 1.74. The van der Waals surface area contributed by atoms with Crippen LogP contribution >= 0.6 is 0 Å². The first kappa shape index (κ1) is 12.2. The number of carbonyl (C=O) groups excluding carboxylic acids is 2. The summed E-state index contributed by atoms with van der Waals surface area (Å²) < 4.78 is 0. The number of amides is 2. The molecule has 0 aromatic carbocycles. The zero-order valence-electron chi connectivity index (χ0n) is 10.8. The molecule has 0 saturated carbocycles. The Morgan fingerprint density at radius 2 is 2.37 bits per heavy atom. The second kappa shape index (κ2) is 4.65. The van der Waals surface area contributed by atoms with Gasteiger partial charge in [-0.05, 0) is 0 Å². The standard InChI is InChI=1S/C12H17N5O2/c1-17-6-7(4-10(17)18)14-12(19)11-8-5-13-3-2-9(8)15-16-11/h7,13H,2-6H2,1H3,(H,14,19)(H,15,16). The fraction of sp³-hybridized carbons (Fsp3) is 0.583. The topological polar surface area (TPSA) is 90.1 Å². The van der Waals surface area contributed by atoms with Crippen LogP contribution in [-0.2, 0) is 17.8 Å². The van der Waals surface area contributed by atoms with Gasteiger partial charge in [-0.25, -0.2) is 0 Å². The molecule has 2 amide bonds. The van der Waals surface area contributed by atoms with E-state index in [9.17, 15) is 9.59 Å². The molecule has 1 unspecified atom stereocenters. The molecule has 2 aliphatic rings. The Balaban J connectivity index is 1.71. The van der Waals surface area contributed by atoms with Crippen LogP contribution in [0, 0.1) is 0 Å². The molecule has 7 heteroatoms. The number of rotatable bonds is 2. The van der Waals surface area contributed by atoms with Crippen molar-refractivity contribution in [3.05, 3.63) is 17.0 Å². The molecule has 0 bridgehead atoms. The van der Waals surface area contributed by atoms with Crippen molar-refractivity contribution in [2.24, 2.45) is 0 Å². The number of likely N-dealkylation sites (N-methyl/N-ethyl adjacent to an activating group) is 1. The first-order valence-corrected chi connectivity index (χ1v) is 6.47. The van der Waals surface area contributed by atoms with E-state index in [4.69, 9.17) is 0 Å². The smallest absolute Gasteiger partial charge is 0.272 e. The van der Waals surface area contributed by atoms with Crippen molar-refractivity contribution >= 4 is 11.8 Å². The molecular weight excluding hydrogens is 246 g/mol. The third-order valence-electron chi connectivity index (χ3n) is 3.70. The number of H-pyrrole nitrogens is 1. The zero-order chi connectivity index (χ0) is 13.4. The quantitative estimate of drug-likeness (QED) is 0.639. The summed E-state index contributed by atoms with van der Waals surface area (Å²) in [5.41, 5.74) is 2.43. The van der Waals surface area contributed by atoms with Crippen molar-refractivity contribution in [3.63, 3.8) is 0 Å². The van der Waals surface area contributed by atoms with Crippen molar-refractivity contribution in [1.29, 1.82) is 0 Å². The number of aromatic amines is 1. The second-order valence-corrected chi connectivity index (χ2v) is 5.10. The van der Waals surface area contributed by atoms with Gasteiger partial charge in [0, 0.05) is 50.8 Å². The molecule has 102 valence electrons. The molecule has 3 heterocycles. The molecule has 19 heavy (non-hydrogen) atoms. The molecule has 3 rings (SSSR count). The first-order valence-electron chi connectivity index (χ1n) is 6.47. The third kappa shape index (κ3) is 2.21. The molecule has 0 radical (unpaired) electrons. The third-order valence-corrected chi connectivity index (χ3v) is 3.70. The van der Waals surface area contributed by atoms with Gasteiger partial charge in [0.15, 0.2) is 5.69 Å². The molecular formula is C12H17N5O2. The van der Waals surface area contributed by atoms with Gasteiger partial charge in [-0.2, -0.15) is 5.10 Å². The normalized spacial score (nSPS) is 22.5. The van der Waals surface area contributed by atoms with Crippen LogP contribution in [0.4, 0.5) is 0 Å². The highest BCUT2D eigenvalue weighted by Gasteiger charge is 2.30. The number of fused-ring (bicyclic) bond motifs is 1. The van der Waals surface area contributed by atoms with Gasteiger partial charge in [-0.15, -0.1) is 0 Å². The Bertz CT molecular complexity index is 524. The average molecular weight is 263 g/mol. The number of aromatic nitrogens is 2. The Kier molecular flexibility index (Phi) is 2.98. The van der Waals surface area contributed by atoms with Gasteiger partial charge in [0.2, 0.25) is 5.91 Å². The van der Waals surface area contributed by atoms with Crippen molar-refractivity contribution in [3.8, 4) is 0 Å². The Morgan fingerprint density at radius 3 is 3.11 bits per heavy atom. The molecule has 1 aromatic heterocycles. The van der Waals surface area contributed by atoms with E-state index in [-0.39, 0.29) is 17.9 Å². The predicted molar refractivity (Wildman–Crippen MR) is 67.5 cm³/mol. The van der Waals surface area contributed by atoms with Crippen molar-refractivity contribution in [1.82, 2.24) is 25.7 Å².